The molecular weight excluding hydrogens is 368 g/mol. The van der Waals surface area contributed by atoms with Crippen LogP contribution in [0.2, 0.25) is 0 Å². The fraction of sp³-hybridized carbons (Fsp3) is 0.364. The summed E-state index contributed by atoms with van der Waals surface area (Å²) >= 11 is 1.38. The molecule has 2 aromatic carbocycles. The van der Waals surface area contributed by atoms with Crippen molar-refractivity contribution < 1.29 is 4.79 Å². The number of fused-ring (bicyclic) bond motifs is 3. The second kappa shape index (κ2) is 7.17. The van der Waals surface area contributed by atoms with E-state index in [1.165, 1.54) is 41.8 Å². The Bertz CT molecular complexity index is 1060. The number of aromatic nitrogens is 3. The molecule has 5 rings (SSSR count). The van der Waals surface area contributed by atoms with Crippen molar-refractivity contribution in [3.8, 4) is 22.5 Å². The lowest BCUT2D eigenvalue weighted by molar-refractivity contribution is -0.129. The van der Waals surface area contributed by atoms with E-state index in [4.69, 9.17) is 4.98 Å². The topological polar surface area (TPSA) is 59.0 Å². The Morgan fingerprint density at radius 3 is 2.50 bits per heavy atom. The molecule has 2 aliphatic rings. The molecule has 0 atom stereocenters. The highest BCUT2D eigenvalue weighted by molar-refractivity contribution is 7.99. The summed E-state index contributed by atoms with van der Waals surface area (Å²) in [5.74, 6) is 0.497. The number of benzene rings is 2. The highest BCUT2D eigenvalue weighted by Gasteiger charge is 2.26. The van der Waals surface area contributed by atoms with Gasteiger partial charge in [0, 0.05) is 29.6 Å². The van der Waals surface area contributed by atoms with Gasteiger partial charge < -0.3 is 4.90 Å². The number of hydrogen-bond donors (Lipinski definition) is 0. The summed E-state index contributed by atoms with van der Waals surface area (Å²) in [6, 6.07) is 12.8. The Morgan fingerprint density at radius 2 is 1.75 bits per heavy atom. The molecule has 1 saturated carbocycles. The van der Waals surface area contributed by atoms with E-state index in [9.17, 15) is 4.79 Å². The van der Waals surface area contributed by atoms with Gasteiger partial charge in [0.2, 0.25) is 11.1 Å². The highest BCUT2D eigenvalue weighted by Crippen LogP contribution is 2.44. The van der Waals surface area contributed by atoms with Gasteiger partial charge in [0.05, 0.1) is 5.75 Å². The van der Waals surface area contributed by atoms with Gasteiger partial charge >= 0.3 is 0 Å². The smallest absolute Gasteiger partial charge is 0.233 e. The molecule has 0 saturated heterocycles. The first kappa shape index (κ1) is 17.6. The van der Waals surface area contributed by atoms with Crippen LogP contribution in [-0.2, 0) is 4.79 Å². The molecule has 2 aliphatic carbocycles. The van der Waals surface area contributed by atoms with E-state index in [1.807, 2.05) is 24.1 Å². The van der Waals surface area contributed by atoms with Crippen LogP contribution in [0.3, 0.4) is 0 Å². The fourth-order valence-corrected chi connectivity index (χ4v) is 5.09. The van der Waals surface area contributed by atoms with Crippen molar-refractivity contribution in [3.05, 3.63) is 36.4 Å². The first-order valence-electron chi connectivity index (χ1n) is 9.88. The molecule has 0 spiro atoms. The van der Waals surface area contributed by atoms with Crippen LogP contribution in [0.4, 0.5) is 0 Å². The Labute approximate surface area is 168 Å². The Hall–Kier alpha value is -2.47. The number of carbonyl (C=O) groups is 1. The number of carbonyl (C=O) groups excluding carboxylic acids is 1. The summed E-state index contributed by atoms with van der Waals surface area (Å²) in [5, 5.41) is 11.7. The molecule has 1 fully saturated rings. The number of nitrogens with zero attached hydrogens (tertiary/aromatic N) is 4. The molecule has 0 radical (unpaired) electrons. The highest BCUT2D eigenvalue weighted by atomic mass is 32.2. The molecule has 6 heteroatoms. The zero-order chi connectivity index (χ0) is 19.1. The van der Waals surface area contributed by atoms with Crippen molar-refractivity contribution >= 4 is 28.4 Å². The fourth-order valence-electron chi connectivity index (χ4n) is 4.38. The Balaban J connectivity index is 1.35. The van der Waals surface area contributed by atoms with Crippen molar-refractivity contribution in [2.24, 2.45) is 0 Å². The summed E-state index contributed by atoms with van der Waals surface area (Å²) in [6.45, 7) is 0. The minimum atomic E-state index is 0.145. The largest absolute Gasteiger partial charge is 0.342 e. The van der Waals surface area contributed by atoms with Crippen molar-refractivity contribution in [3.63, 3.8) is 0 Å². The van der Waals surface area contributed by atoms with Crippen LogP contribution in [-0.4, -0.2) is 44.8 Å². The van der Waals surface area contributed by atoms with Gasteiger partial charge in [-0.25, -0.2) is 4.98 Å². The Kier molecular flexibility index (Phi) is 4.51. The van der Waals surface area contributed by atoms with E-state index in [0.717, 1.165) is 35.4 Å². The van der Waals surface area contributed by atoms with Crippen molar-refractivity contribution in [2.45, 2.75) is 43.3 Å². The summed E-state index contributed by atoms with van der Waals surface area (Å²) in [5.41, 5.74) is 3.90. The lowest BCUT2D eigenvalue weighted by Gasteiger charge is -2.31. The normalized spacial score (nSPS) is 15.6. The van der Waals surface area contributed by atoms with E-state index in [1.54, 1.807) is 0 Å². The average molecular weight is 391 g/mol. The first-order chi connectivity index (χ1) is 13.7. The van der Waals surface area contributed by atoms with Crippen LogP contribution >= 0.6 is 11.8 Å². The predicted octanol–water partition coefficient (Wildman–Crippen LogP) is 4.56. The van der Waals surface area contributed by atoms with Gasteiger partial charge in [-0.1, -0.05) is 67.4 Å². The maximum Gasteiger partial charge on any atom is 0.233 e. The van der Waals surface area contributed by atoms with Gasteiger partial charge in [-0.05, 0) is 18.2 Å². The second-order valence-electron chi connectivity index (χ2n) is 7.59. The van der Waals surface area contributed by atoms with Gasteiger partial charge in [-0.3, -0.25) is 4.79 Å². The zero-order valence-electron chi connectivity index (χ0n) is 15.9. The summed E-state index contributed by atoms with van der Waals surface area (Å²) in [7, 11) is 1.93. The van der Waals surface area contributed by atoms with Crippen LogP contribution in [0.1, 0.15) is 32.1 Å². The van der Waals surface area contributed by atoms with Crippen LogP contribution in [0.5, 0.6) is 0 Å². The minimum absolute atomic E-state index is 0.145. The van der Waals surface area contributed by atoms with Gasteiger partial charge in [-0.15, -0.1) is 10.2 Å². The van der Waals surface area contributed by atoms with Crippen LogP contribution in [0, 0.1) is 0 Å². The number of thioether (sulfide) groups is 1. The van der Waals surface area contributed by atoms with E-state index < -0.39 is 0 Å². The van der Waals surface area contributed by atoms with Crippen molar-refractivity contribution in [1.29, 1.82) is 0 Å². The van der Waals surface area contributed by atoms with Gasteiger partial charge in [-0.2, -0.15) is 0 Å². The third-order valence-corrected chi connectivity index (χ3v) is 6.75. The van der Waals surface area contributed by atoms with E-state index in [0.29, 0.717) is 17.0 Å². The van der Waals surface area contributed by atoms with Gasteiger partial charge in [0.25, 0.3) is 0 Å². The monoisotopic (exact) mass is 390 g/mol. The van der Waals surface area contributed by atoms with Crippen LogP contribution in [0.15, 0.2) is 41.6 Å². The molecule has 0 bridgehead atoms. The van der Waals surface area contributed by atoms with Crippen molar-refractivity contribution in [1.82, 2.24) is 20.1 Å². The zero-order valence-corrected chi connectivity index (χ0v) is 16.7. The van der Waals surface area contributed by atoms with E-state index in [-0.39, 0.29) is 5.91 Å². The molecule has 1 amide bonds. The van der Waals surface area contributed by atoms with Gasteiger partial charge in [0.1, 0.15) is 11.4 Å². The minimum Gasteiger partial charge on any atom is -0.342 e. The molecule has 142 valence electrons. The maximum atomic E-state index is 12.6. The third-order valence-electron chi connectivity index (χ3n) is 5.92. The van der Waals surface area contributed by atoms with Crippen LogP contribution < -0.4 is 0 Å². The third kappa shape index (κ3) is 2.96. The predicted molar refractivity (Wildman–Crippen MR) is 112 cm³/mol. The SMILES string of the molecule is CN(C(=O)CSc1nnc2c(n1)-c1cccc3cccc-2c13)C1CCCCC1. The summed E-state index contributed by atoms with van der Waals surface area (Å²) in [4.78, 5) is 19.3. The molecule has 3 aromatic rings. The molecule has 28 heavy (non-hydrogen) atoms. The van der Waals surface area contributed by atoms with Crippen molar-refractivity contribution in [2.75, 3.05) is 12.8 Å². The summed E-state index contributed by atoms with van der Waals surface area (Å²) in [6.07, 6.45) is 5.97. The average Bonchev–Trinajstić information content (AvgIpc) is 3.07. The standard InChI is InChI=1S/C22H22N4OS/c1-26(15-9-3-2-4-10-15)18(27)13-28-22-23-20-16-11-5-7-14-8-6-12-17(19(14)16)21(20)24-25-22/h5-8,11-12,15H,2-4,9-10,13H2,1H3. The number of rotatable bonds is 4. The maximum absolute atomic E-state index is 12.6. The molecule has 1 heterocycles. The second-order valence-corrected chi connectivity index (χ2v) is 8.53. The quantitative estimate of drug-likeness (QED) is 0.478. The molecule has 5 nitrogen and oxygen atoms in total. The molecular formula is C22H22N4OS. The summed E-state index contributed by atoms with van der Waals surface area (Å²) < 4.78 is 0. The van der Waals surface area contributed by atoms with E-state index in [2.05, 4.69) is 34.5 Å². The number of hydrogen-bond acceptors (Lipinski definition) is 5. The first-order valence-corrected chi connectivity index (χ1v) is 10.9. The Morgan fingerprint density at radius 1 is 1.04 bits per heavy atom. The molecule has 0 aliphatic heterocycles. The number of amides is 1. The molecule has 0 N–H and O–H groups in total. The molecule has 0 unspecified atom stereocenters. The van der Waals surface area contributed by atoms with Crippen LogP contribution in [0.25, 0.3) is 33.3 Å². The molecule has 1 aromatic heterocycles. The lowest BCUT2D eigenvalue weighted by Crippen LogP contribution is -2.39. The lowest BCUT2D eigenvalue weighted by atomic mass is 9.94. The van der Waals surface area contributed by atoms with E-state index >= 15 is 0 Å². The van der Waals surface area contributed by atoms with Gasteiger partial charge in [0.15, 0.2) is 0 Å².